The first-order valence-electron chi connectivity index (χ1n) is 10.2. The maximum Gasteiger partial charge on any atom is 0.242 e. The number of benzene rings is 2. The maximum atomic E-state index is 12.9. The second kappa shape index (κ2) is 11.6. The van der Waals surface area contributed by atoms with Crippen molar-refractivity contribution in [2.24, 2.45) is 5.41 Å². The van der Waals surface area contributed by atoms with Crippen LogP contribution in [0.15, 0.2) is 48.5 Å². The number of hydrogen-bond donors (Lipinski definition) is 2. The molecule has 1 unspecified atom stereocenters. The van der Waals surface area contributed by atoms with Gasteiger partial charge in [-0.05, 0) is 43.5 Å². The van der Waals surface area contributed by atoms with Crippen LogP contribution in [-0.2, 0) is 22.4 Å². The van der Waals surface area contributed by atoms with Crippen molar-refractivity contribution in [2.75, 3.05) is 26.6 Å². The molecule has 2 aromatic carbocycles. The Morgan fingerprint density at radius 2 is 1.68 bits per heavy atom. The number of ether oxygens (including phenoxy) is 2. The summed E-state index contributed by atoms with van der Waals surface area (Å²) in [5.74, 6) is 0.978. The molecule has 6 nitrogen and oxygen atoms in total. The van der Waals surface area contributed by atoms with E-state index in [1.807, 2.05) is 48.5 Å². The standard InChI is InChI=1S/C24H31ClN2O4/c1-24(2,16-25)23(29)27-19(14-17-8-6-5-7-9-17)22(28)26-13-12-18-10-11-20(30-3)21(15-18)31-4/h5-11,15,19H,12-14,16H2,1-4H3,(H,26,28)(H,27,29). The van der Waals surface area contributed by atoms with Gasteiger partial charge in [-0.2, -0.15) is 0 Å². The van der Waals surface area contributed by atoms with E-state index in [1.165, 1.54) is 0 Å². The van der Waals surface area contributed by atoms with Gasteiger partial charge in [0.15, 0.2) is 11.5 Å². The fourth-order valence-corrected chi connectivity index (χ4v) is 3.08. The molecule has 168 valence electrons. The van der Waals surface area contributed by atoms with Gasteiger partial charge in [-0.15, -0.1) is 11.6 Å². The van der Waals surface area contributed by atoms with Gasteiger partial charge in [-0.25, -0.2) is 0 Å². The van der Waals surface area contributed by atoms with Gasteiger partial charge in [0.1, 0.15) is 6.04 Å². The van der Waals surface area contributed by atoms with Crippen LogP contribution in [-0.4, -0.2) is 44.5 Å². The highest BCUT2D eigenvalue weighted by molar-refractivity contribution is 6.19. The summed E-state index contributed by atoms with van der Waals surface area (Å²) < 4.78 is 10.6. The predicted molar refractivity (Wildman–Crippen MR) is 123 cm³/mol. The highest BCUT2D eigenvalue weighted by Crippen LogP contribution is 2.27. The summed E-state index contributed by atoms with van der Waals surface area (Å²) in [5, 5.41) is 5.80. The largest absolute Gasteiger partial charge is 0.493 e. The number of alkyl halides is 1. The molecule has 0 bridgehead atoms. The molecule has 0 saturated carbocycles. The Bertz CT molecular complexity index is 871. The van der Waals surface area contributed by atoms with Gasteiger partial charge in [-0.1, -0.05) is 36.4 Å². The first kappa shape index (κ1) is 24.5. The van der Waals surface area contributed by atoms with Crippen LogP contribution in [0.1, 0.15) is 25.0 Å². The SMILES string of the molecule is COc1ccc(CCNC(=O)C(Cc2ccccc2)NC(=O)C(C)(C)CCl)cc1OC. The summed E-state index contributed by atoms with van der Waals surface area (Å²) in [6, 6.07) is 14.6. The Morgan fingerprint density at radius 1 is 1.00 bits per heavy atom. The summed E-state index contributed by atoms with van der Waals surface area (Å²) in [6.07, 6.45) is 1.01. The quantitative estimate of drug-likeness (QED) is 0.519. The van der Waals surface area contributed by atoms with Gasteiger partial charge < -0.3 is 20.1 Å². The lowest BCUT2D eigenvalue weighted by molar-refractivity contribution is -0.133. The van der Waals surface area contributed by atoms with E-state index in [-0.39, 0.29) is 17.7 Å². The normalized spacial score (nSPS) is 12.0. The molecule has 2 N–H and O–H groups in total. The predicted octanol–water partition coefficient (Wildman–Crippen LogP) is 3.36. The summed E-state index contributed by atoms with van der Waals surface area (Å²) in [5.41, 5.74) is 1.20. The van der Waals surface area contributed by atoms with Gasteiger partial charge in [0.2, 0.25) is 11.8 Å². The number of amides is 2. The molecular formula is C24H31ClN2O4. The zero-order valence-corrected chi connectivity index (χ0v) is 19.3. The first-order chi connectivity index (χ1) is 14.8. The second-order valence-corrected chi connectivity index (χ2v) is 8.23. The molecule has 2 rings (SSSR count). The number of hydrogen-bond acceptors (Lipinski definition) is 4. The average molecular weight is 447 g/mol. The summed E-state index contributed by atoms with van der Waals surface area (Å²) in [7, 11) is 3.17. The summed E-state index contributed by atoms with van der Waals surface area (Å²) >= 11 is 5.93. The van der Waals surface area contributed by atoms with Crippen molar-refractivity contribution < 1.29 is 19.1 Å². The Labute approximate surface area is 189 Å². The van der Waals surface area contributed by atoms with Crippen molar-refractivity contribution in [3.05, 3.63) is 59.7 Å². The molecule has 0 aromatic heterocycles. The van der Waals surface area contributed by atoms with Crippen molar-refractivity contribution in [3.8, 4) is 11.5 Å². The van der Waals surface area contributed by atoms with Crippen LogP contribution in [0.2, 0.25) is 0 Å². The molecule has 0 aliphatic carbocycles. The fraction of sp³-hybridized carbons (Fsp3) is 0.417. The Kier molecular flexibility index (Phi) is 9.19. The van der Waals surface area contributed by atoms with Crippen molar-refractivity contribution >= 4 is 23.4 Å². The van der Waals surface area contributed by atoms with Gasteiger partial charge in [0.05, 0.1) is 19.6 Å². The smallest absolute Gasteiger partial charge is 0.242 e. The summed E-state index contributed by atoms with van der Waals surface area (Å²) in [6.45, 7) is 3.93. The van der Waals surface area contributed by atoms with Crippen molar-refractivity contribution in [1.82, 2.24) is 10.6 Å². The number of nitrogens with one attached hydrogen (secondary N) is 2. The van der Waals surface area contributed by atoms with Crippen LogP contribution in [0.5, 0.6) is 11.5 Å². The lowest BCUT2D eigenvalue weighted by Gasteiger charge is -2.25. The van der Waals surface area contributed by atoms with Crippen LogP contribution < -0.4 is 20.1 Å². The van der Waals surface area contributed by atoms with E-state index in [4.69, 9.17) is 21.1 Å². The van der Waals surface area contributed by atoms with E-state index in [9.17, 15) is 9.59 Å². The van der Waals surface area contributed by atoms with E-state index in [0.717, 1.165) is 11.1 Å². The molecule has 0 saturated heterocycles. The lowest BCUT2D eigenvalue weighted by atomic mass is 9.94. The molecule has 2 amide bonds. The number of carbonyl (C=O) groups is 2. The molecule has 1 atom stereocenters. The van der Waals surface area contributed by atoms with E-state index < -0.39 is 11.5 Å². The minimum absolute atomic E-state index is 0.164. The van der Waals surface area contributed by atoms with Gasteiger partial charge in [-0.3, -0.25) is 9.59 Å². The Hall–Kier alpha value is -2.73. The second-order valence-electron chi connectivity index (χ2n) is 7.96. The molecule has 0 heterocycles. The number of halogens is 1. The zero-order valence-electron chi connectivity index (χ0n) is 18.5. The lowest BCUT2D eigenvalue weighted by Crippen LogP contribution is -2.52. The highest BCUT2D eigenvalue weighted by Gasteiger charge is 2.30. The third kappa shape index (κ3) is 7.17. The summed E-state index contributed by atoms with van der Waals surface area (Å²) in [4.78, 5) is 25.5. The van der Waals surface area contributed by atoms with E-state index in [0.29, 0.717) is 30.9 Å². The third-order valence-corrected chi connectivity index (χ3v) is 5.68. The van der Waals surface area contributed by atoms with Crippen molar-refractivity contribution in [2.45, 2.75) is 32.7 Å². The number of carbonyl (C=O) groups excluding carboxylic acids is 2. The third-order valence-electron chi connectivity index (χ3n) is 5.01. The monoisotopic (exact) mass is 446 g/mol. The van der Waals surface area contributed by atoms with Gasteiger partial charge in [0, 0.05) is 18.8 Å². The van der Waals surface area contributed by atoms with Crippen molar-refractivity contribution in [3.63, 3.8) is 0 Å². The first-order valence-corrected chi connectivity index (χ1v) is 10.7. The van der Waals surface area contributed by atoms with Crippen molar-refractivity contribution in [1.29, 1.82) is 0 Å². The molecule has 2 aromatic rings. The van der Waals surface area contributed by atoms with Gasteiger partial charge >= 0.3 is 0 Å². The van der Waals surface area contributed by atoms with E-state index >= 15 is 0 Å². The minimum atomic E-state index is -0.767. The molecule has 0 radical (unpaired) electrons. The molecule has 31 heavy (non-hydrogen) atoms. The molecular weight excluding hydrogens is 416 g/mol. The minimum Gasteiger partial charge on any atom is -0.493 e. The van der Waals surface area contributed by atoms with Crippen LogP contribution in [0.3, 0.4) is 0 Å². The van der Waals surface area contributed by atoms with E-state index in [2.05, 4.69) is 10.6 Å². The van der Waals surface area contributed by atoms with Crippen LogP contribution in [0.4, 0.5) is 0 Å². The average Bonchev–Trinajstić information content (AvgIpc) is 2.78. The fourth-order valence-electron chi connectivity index (χ4n) is 2.96. The Morgan fingerprint density at radius 3 is 2.29 bits per heavy atom. The molecule has 0 aliphatic heterocycles. The van der Waals surface area contributed by atoms with E-state index in [1.54, 1.807) is 28.1 Å². The maximum absolute atomic E-state index is 12.9. The zero-order chi connectivity index (χ0) is 22.9. The molecule has 0 fully saturated rings. The molecule has 7 heteroatoms. The molecule has 0 spiro atoms. The van der Waals surface area contributed by atoms with Crippen LogP contribution in [0.25, 0.3) is 0 Å². The highest BCUT2D eigenvalue weighted by atomic mass is 35.5. The Balaban J connectivity index is 2.03. The van der Waals surface area contributed by atoms with Gasteiger partial charge in [0.25, 0.3) is 0 Å². The van der Waals surface area contributed by atoms with Crippen LogP contribution in [0, 0.1) is 5.41 Å². The topological polar surface area (TPSA) is 76.7 Å². The number of rotatable bonds is 11. The molecule has 0 aliphatic rings. The number of methoxy groups -OCH3 is 2. The van der Waals surface area contributed by atoms with Crippen LogP contribution >= 0.6 is 11.6 Å².